The molecule has 5 rings (SSSR count). The molecule has 1 aliphatic rings. The van der Waals surface area contributed by atoms with Crippen LogP contribution in [0.15, 0.2) is 57.9 Å². The minimum atomic E-state index is -0.715. The third-order valence-corrected chi connectivity index (χ3v) is 5.90. The van der Waals surface area contributed by atoms with E-state index >= 15 is 0 Å². The summed E-state index contributed by atoms with van der Waals surface area (Å²) >= 11 is 0. The lowest BCUT2D eigenvalue weighted by Crippen LogP contribution is -2.35. The van der Waals surface area contributed by atoms with Gasteiger partial charge in [0.25, 0.3) is 0 Å². The molecule has 2 aromatic heterocycles. The van der Waals surface area contributed by atoms with Crippen molar-refractivity contribution < 1.29 is 23.1 Å². The number of halogens is 1. The van der Waals surface area contributed by atoms with E-state index in [-0.39, 0.29) is 17.3 Å². The predicted octanol–water partition coefficient (Wildman–Crippen LogP) is 4.00. The molecule has 36 heavy (non-hydrogen) atoms. The molecule has 0 radical (unpaired) electrons. The monoisotopic (exact) mass is 490 g/mol. The van der Waals surface area contributed by atoms with Gasteiger partial charge in [0.05, 0.1) is 25.5 Å². The molecule has 2 N–H and O–H groups in total. The lowest BCUT2D eigenvalue weighted by molar-refractivity contribution is 0.0277. The van der Waals surface area contributed by atoms with Gasteiger partial charge in [-0.1, -0.05) is 0 Å². The van der Waals surface area contributed by atoms with Gasteiger partial charge in [-0.2, -0.15) is 0 Å². The van der Waals surface area contributed by atoms with Crippen LogP contribution >= 0.6 is 0 Å². The van der Waals surface area contributed by atoms with Gasteiger partial charge in [0.15, 0.2) is 5.78 Å². The number of hydrogen-bond acceptors (Lipinski definition) is 9. The van der Waals surface area contributed by atoms with Crippen molar-refractivity contribution in [3.63, 3.8) is 0 Å². The highest BCUT2D eigenvalue weighted by Gasteiger charge is 2.27. The van der Waals surface area contributed by atoms with Crippen LogP contribution in [0.3, 0.4) is 0 Å². The topological polar surface area (TPSA) is 116 Å². The van der Waals surface area contributed by atoms with Crippen LogP contribution in [0.5, 0.6) is 5.75 Å². The Morgan fingerprint density at radius 1 is 1.22 bits per heavy atom. The summed E-state index contributed by atoms with van der Waals surface area (Å²) in [7, 11) is 1.50. The number of nitrogens with one attached hydrogen (secondary N) is 2. The van der Waals surface area contributed by atoms with Crippen LogP contribution in [0.2, 0.25) is 0 Å². The Morgan fingerprint density at radius 2 is 2.08 bits per heavy atom. The van der Waals surface area contributed by atoms with E-state index in [0.717, 1.165) is 0 Å². The van der Waals surface area contributed by atoms with Crippen molar-refractivity contribution in [2.45, 2.75) is 13.0 Å². The second-order valence-electron chi connectivity index (χ2n) is 8.24. The number of ketones is 1. The third-order valence-electron chi connectivity index (χ3n) is 5.90. The first-order valence-electron chi connectivity index (χ1n) is 11.3. The maximum atomic E-state index is 13.9. The van der Waals surface area contributed by atoms with Crippen LogP contribution in [0, 0.1) is 5.82 Å². The number of nitrogens with zero attached hydrogens (tertiary/aromatic N) is 2. The van der Waals surface area contributed by atoms with E-state index in [0.29, 0.717) is 58.9 Å². The molecule has 1 saturated heterocycles. The largest absolute Gasteiger partial charge is 0.496 e. The molecule has 0 amide bonds. The Balaban J connectivity index is 1.53. The molecule has 0 saturated carbocycles. The molecular weight excluding hydrogens is 467 g/mol. The summed E-state index contributed by atoms with van der Waals surface area (Å²) in [6, 6.07) is 11.0. The molecule has 9 nitrogen and oxygen atoms in total. The number of ether oxygens (including phenoxy) is 2. The molecule has 0 bridgehead atoms. The van der Waals surface area contributed by atoms with Gasteiger partial charge in [-0.25, -0.2) is 19.2 Å². The SMILES string of the molecule is COc1ccc(F)cc1-c1ccnc(Nc2ccc3c(C4CNCCO4)c(C(C)=O)c(=O)oc3c2)n1. The number of benzene rings is 2. The molecule has 4 aromatic rings. The number of carbonyl (C=O) groups is 1. The van der Waals surface area contributed by atoms with E-state index in [1.165, 1.54) is 32.2 Å². The zero-order valence-electron chi connectivity index (χ0n) is 19.6. The summed E-state index contributed by atoms with van der Waals surface area (Å²) in [6.45, 7) is 2.97. The number of fused-ring (bicyclic) bond motifs is 1. The van der Waals surface area contributed by atoms with Gasteiger partial charge in [-0.05, 0) is 43.3 Å². The van der Waals surface area contributed by atoms with Gasteiger partial charge in [0.1, 0.15) is 22.7 Å². The highest BCUT2D eigenvalue weighted by Crippen LogP contribution is 2.33. The van der Waals surface area contributed by atoms with Crippen molar-refractivity contribution in [2.75, 3.05) is 32.1 Å². The van der Waals surface area contributed by atoms with Crippen molar-refractivity contribution >= 4 is 28.4 Å². The Labute approximate surface area is 205 Å². The van der Waals surface area contributed by atoms with Crippen LogP contribution in [-0.4, -0.2) is 42.6 Å². The smallest absolute Gasteiger partial charge is 0.347 e. The standard InChI is InChI=1S/C26H23FN4O5/c1-14(32)23-24(22-13-28-9-10-35-22)17-5-4-16(12-21(17)36-25(23)33)30-26-29-8-7-19(31-26)18-11-15(27)3-6-20(18)34-2/h3-8,11-12,22,28H,9-10,13H2,1-2H3,(H,29,30,31). The van der Waals surface area contributed by atoms with Crippen LogP contribution in [0.4, 0.5) is 16.0 Å². The first-order valence-corrected chi connectivity index (χ1v) is 11.3. The van der Waals surface area contributed by atoms with Crippen LogP contribution in [0.1, 0.15) is 28.9 Å². The number of anilines is 2. The number of aromatic nitrogens is 2. The zero-order chi connectivity index (χ0) is 25.2. The van der Waals surface area contributed by atoms with Crippen molar-refractivity contribution in [2.24, 2.45) is 0 Å². The van der Waals surface area contributed by atoms with Gasteiger partial charge in [0, 0.05) is 47.6 Å². The van der Waals surface area contributed by atoms with Gasteiger partial charge in [-0.3, -0.25) is 4.79 Å². The molecule has 1 atom stereocenters. The minimum Gasteiger partial charge on any atom is -0.496 e. The molecule has 3 heterocycles. The molecule has 0 spiro atoms. The van der Waals surface area contributed by atoms with Crippen molar-refractivity contribution in [1.82, 2.24) is 15.3 Å². The van der Waals surface area contributed by atoms with Gasteiger partial charge in [-0.15, -0.1) is 0 Å². The summed E-state index contributed by atoms with van der Waals surface area (Å²) in [5.41, 5.74) is 1.59. The van der Waals surface area contributed by atoms with Gasteiger partial charge < -0.3 is 24.5 Å². The molecule has 1 unspecified atom stereocenters. The lowest BCUT2D eigenvalue weighted by atomic mass is 9.96. The zero-order valence-corrected chi connectivity index (χ0v) is 19.6. The average Bonchev–Trinajstić information content (AvgIpc) is 2.88. The normalized spacial score (nSPS) is 15.6. The molecule has 0 aliphatic carbocycles. The molecule has 2 aromatic carbocycles. The number of Topliss-reactive ketones (excluding diaryl/α,β-unsaturated/α-hetero) is 1. The van der Waals surface area contributed by atoms with Gasteiger partial charge >= 0.3 is 5.63 Å². The quantitative estimate of drug-likeness (QED) is 0.306. The van der Waals surface area contributed by atoms with Crippen molar-refractivity contribution in [1.29, 1.82) is 0 Å². The first-order chi connectivity index (χ1) is 17.4. The highest BCUT2D eigenvalue weighted by atomic mass is 19.1. The molecule has 1 fully saturated rings. The fourth-order valence-corrected chi connectivity index (χ4v) is 4.30. The molecule has 184 valence electrons. The Bertz CT molecular complexity index is 1510. The maximum Gasteiger partial charge on any atom is 0.347 e. The fraction of sp³-hybridized carbons (Fsp3) is 0.231. The van der Waals surface area contributed by atoms with E-state index in [1.807, 2.05) is 0 Å². The summed E-state index contributed by atoms with van der Waals surface area (Å²) in [4.78, 5) is 33.8. The summed E-state index contributed by atoms with van der Waals surface area (Å²) in [5.74, 6) is -0.0703. The number of morpholine rings is 1. The second kappa shape index (κ2) is 9.84. The first kappa shape index (κ1) is 23.6. The minimum absolute atomic E-state index is 0.00279. The van der Waals surface area contributed by atoms with Crippen LogP contribution in [-0.2, 0) is 4.74 Å². The third kappa shape index (κ3) is 4.56. The lowest BCUT2D eigenvalue weighted by Gasteiger charge is -2.26. The summed E-state index contributed by atoms with van der Waals surface area (Å²) < 4.78 is 30.6. The molecular formula is C26H23FN4O5. The van der Waals surface area contributed by atoms with Crippen LogP contribution in [0.25, 0.3) is 22.2 Å². The van der Waals surface area contributed by atoms with Crippen LogP contribution < -0.4 is 21.0 Å². The number of carbonyl (C=O) groups excluding carboxylic acids is 1. The maximum absolute atomic E-state index is 13.9. The predicted molar refractivity (Wildman–Crippen MR) is 131 cm³/mol. The second-order valence-corrected chi connectivity index (χ2v) is 8.24. The Kier molecular flexibility index (Phi) is 6.45. The molecule has 10 heteroatoms. The van der Waals surface area contributed by atoms with Crippen molar-refractivity contribution in [3.05, 3.63) is 76.0 Å². The van der Waals surface area contributed by atoms with E-state index < -0.39 is 17.5 Å². The van der Waals surface area contributed by atoms with E-state index in [2.05, 4.69) is 20.6 Å². The Morgan fingerprint density at radius 3 is 2.83 bits per heavy atom. The fourth-order valence-electron chi connectivity index (χ4n) is 4.30. The van der Waals surface area contributed by atoms with Gasteiger partial charge in [0.2, 0.25) is 5.95 Å². The Hall–Kier alpha value is -4.15. The number of rotatable bonds is 6. The highest BCUT2D eigenvalue weighted by molar-refractivity contribution is 6.00. The summed E-state index contributed by atoms with van der Waals surface area (Å²) in [5, 5.41) is 6.92. The van der Waals surface area contributed by atoms with E-state index in [4.69, 9.17) is 13.9 Å². The average molecular weight is 490 g/mol. The van der Waals surface area contributed by atoms with E-state index in [1.54, 1.807) is 30.5 Å². The number of hydrogen-bond donors (Lipinski definition) is 2. The number of methoxy groups -OCH3 is 1. The van der Waals surface area contributed by atoms with E-state index in [9.17, 15) is 14.0 Å². The summed E-state index contributed by atoms with van der Waals surface area (Å²) in [6.07, 6.45) is 1.09. The van der Waals surface area contributed by atoms with Crippen molar-refractivity contribution in [3.8, 4) is 17.0 Å². The molecule has 1 aliphatic heterocycles.